The number of carboxylic acid groups (broad SMARTS) is 2. The molecule has 0 aromatic rings. The van der Waals surface area contributed by atoms with E-state index >= 15 is 0 Å². The molecule has 0 fully saturated rings. The van der Waals surface area contributed by atoms with Crippen LogP contribution in [-0.4, -0.2) is 40.6 Å². The predicted octanol–water partition coefficient (Wildman–Crippen LogP) is -6.77. The van der Waals surface area contributed by atoms with Gasteiger partial charge in [-0.2, -0.15) is 0 Å². The van der Waals surface area contributed by atoms with Crippen molar-refractivity contribution in [1.82, 2.24) is 0 Å². The van der Waals surface area contributed by atoms with Gasteiger partial charge < -0.3 is 30.0 Å². The van der Waals surface area contributed by atoms with E-state index in [0.29, 0.717) is 0 Å². The second kappa shape index (κ2) is 30.0. The summed E-state index contributed by atoms with van der Waals surface area (Å²) in [5.41, 5.74) is 0. The van der Waals surface area contributed by atoms with Crippen molar-refractivity contribution in [1.29, 1.82) is 0 Å². The predicted molar refractivity (Wildman–Crippen MR) is 33.1 cm³/mol. The summed E-state index contributed by atoms with van der Waals surface area (Å²) >= 11 is -3.83. The molecule has 0 aromatic carbocycles. The molecule has 0 radical (unpaired) electrons. The minimum absolute atomic E-state index is 0.889. The Labute approximate surface area is 135 Å². The van der Waals surface area contributed by atoms with Crippen molar-refractivity contribution in [2.24, 2.45) is 0 Å². The number of hydrogen-bond donors (Lipinski definition) is 6. The quantitative estimate of drug-likeness (QED) is 0.213. The molecule has 0 saturated heterocycles. The van der Waals surface area contributed by atoms with Crippen LogP contribution < -0.4 is 10.2 Å². The van der Waals surface area contributed by atoms with E-state index in [2.05, 4.69) is 0 Å². The molecule has 0 aliphatic heterocycles. The van der Waals surface area contributed by atoms with Crippen LogP contribution in [0.1, 0.15) is 0 Å². The first-order valence-electron chi connectivity index (χ1n) is 3.05. The number of hydrogen-bond acceptors (Lipinski definition) is 10. The van der Waals surface area contributed by atoms with Crippen molar-refractivity contribution in [3.05, 3.63) is 0 Å². The van der Waals surface area contributed by atoms with Gasteiger partial charge >= 0.3 is 82.8 Å². The third-order valence-corrected chi connectivity index (χ3v) is 0.258. The van der Waals surface area contributed by atoms with Crippen LogP contribution >= 0.6 is 0 Å². The van der Waals surface area contributed by atoms with Crippen LogP contribution in [0.2, 0.25) is 0 Å². The second-order valence-corrected chi connectivity index (χ2v) is 2.52. The molecular weight excluding hydrogens is 488 g/mol. The summed E-state index contributed by atoms with van der Waals surface area (Å²) in [6.07, 6.45) is 0. The van der Waals surface area contributed by atoms with Crippen molar-refractivity contribution >= 4 is 11.9 Å². The molecule has 94 valence electrons. The molecule has 0 unspecified atom stereocenters. The summed E-state index contributed by atoms with van der Waals surface area (Å²) in [5, 5.41) is 33.0. The van der Waals surface area contributed by atoms with Gasteiger partial charge in [-0.3, -0.25) is 0 Å². The zero-order chi connectivity index (χ0) is 14.0. The summed E-state index contributed by atoms with van der Waals surface area (Å²) in [7, 11) is 0. The Morgan fingerprint density at radius 2 is 0.875 bits per heavy atom. The van der Waals surface area contributed by atoms with Gasteiger partial charge in [0.2, 0.25) is 0 Å². The van der Waals surface area contributed by atoms with E-state index in [1.807, 2.05) is 0 Å². The number of rotatable bonds is 2. The maximum absolute atomic E-state index is 9.01. The molecule has 0 bridgehead atoms. The minimum atomic E-state index is -1.92. The topological polar surface area (TPSA) is 202 Å². The van der Waals surface area contributed by atoms with E-state index in [0.717, 1.165) is 0 Å². The fraction of sp³-hybridized carbons (Fsp3) is 0.500. The fourth-order valence-electron chi connectivity index (χ4n) is 0. The van der Waals surface area contributed by atoms with E-state index in [4.69, 9.17) is 35.3 Å². The van der Waals surface area contributed by atoms with Crippen LogP contribution in [0.25, 0.3) is 0 Å². The zero-order valence-electron chi connectivity index (χ0n) is 7.73. The summed E-state index contributed by atoms with van der Waals surface area (Å²) in [5.74, 6) is -2.88. The Bertz CT molecular complexity index is 125. The van der Waals surface area contributed by atoms with E-state index < -0.39 is 103 Å². The molecule has 0 aliphatic carbocycles. The summed E-state index contributed by atoms with van der Waals surface area (Å²) in [6.45, 7) is -1.78. The van der Waals surface area contributed by atoms with Crippen molar-refractivity contribution < 1.29 is 113 Å². The molecule has 16 heavy (non-hydrogen) atoms. The van der Waals surface area contributed by atoms with Crippen LogP contribution in [0, 0.1) is 77.5 Å². The molecule has 0 aliphatic rings. The van der Waals surface area contributed by atoms with Gasteiger partial charge in [0.15, 0.2) is 0 Å². The first-order valence-corrected chi connectivity index (χ1v) is 8.67. The molecule has 12 heteroatoms. The second-order valence-electron chi connectivity index (χ2n) is 1.26. The third-order valence-electron chi connectivity index (χ3n) is 0.258. The fourth-order valence-corrected chi connectivity index (χ4v) is 0. The van der Waals surface area contributed by atoms with Gasteiger partial charge in [-0.1, -0.05) is 0 Å². The summed E-state index contributed by atoms with van der Waals surface area (Å²) < 4.78 is 29.3. The van der Waals surface area contributed by atoms with E-state index in [9.17, 15) is 0 Å². The Morgan fingerprint density at radius 3 is 0.875 bits per heavy atom. The van der Waals surface area contributed by atoms with Crippen LogP contribution in [0.5, 0.6) is 0 Å². The van der Waals surface area contributed by atoms with E-state index in [1.54, 1.807) is 0 Å². The SMILES string of the molecule is O=C([O-])CO.O=C([O-])CO.[OH][Ce+][OH].[OH][Ce+][OH]. The molecular formula is C4H10Ce2O10. The number of aliphatic hydroxyl groups is 2. The molecule has 0 spiro atoms. The Morgan fingerprint density at radius 1 is 0.812 bits per heavy atom. The standard InChI is InChI=1S/2C2H4O3.2Ce.4H2O/c2*3-1-2(4)5;;;;;;/h2*3H,1H2,(H,4,5);;;4*1H2/q;;2*+3;;;;/p-6. The molecule has 0 saturated carbocycles. The normalized spacial score (nSPS) is 5.88. The summed E-state index contributed by atoms with van der Waals surface area (Å²) in [6, 6.07) is 0. The van der Waals surface area contributed by atoms with E-state index in [-0.39, 0.29) is 0 Å². The first kappa shape index (κ1) is 26.1. The van der Waals surface area contributed by atoms with Gasteiger partial charge in [0.1, 0.15) is 0 Å². The number of aliphatic hydroxyl groups excluding tert-OH is 2. The van der Waals surface area contributed by atoms with Gasteiger partial charge in [-0.05, 0) is 0 Å². The van der Waals surface area contributed by atoms with Crippen LogP contribution in [0.3, 0.4) is 0 Å². The molecule has 6 N–H and O–H groups in total. The molecule has 10 nitrogen and oxygen atoms in total. The van der Waals surface area contributed by atoms with Gasteiger partial charge in [-0.15, -0.1) is 0 Å². The Balaban J connectivity index is -0.0000000621. The first-order chi connectivity index (χ1) is 7.37. The monoisotopic (exact) mass is 498 g/mol. The molecule has 0 rings (SSSR count). The summed E-state index contributed by atoms with van der Waals surface area (Å²) in [4.78, 5) is 18.0. The van der Waals surface area contributed by atoms with Gasteiger partial charge in [0.25, 0.3) is 0 Å². The van der Waals surface area contributed by atoms with Crippen molar-refractivity contribution in [2.75, 3.05) is 13.2 Å². The maximum atomic E-state index is 9.01. The average molecular weight is 498 g/mol. The van der Waals surface area contributed by atoms with Gasteiger partial charge in [0, 0.05) is 0 Å². The van der Waals surface area contributed by atoms with Crippen molar-refractivity contribution in [3.63, 3.8) is 0 Å². The van der Waals surface area contributed by atoms with Gasteiger partial charge in [-0.25, -0.2) is 0 Å². The number of aliphatic carboxylic acids is 2. The molecule has 0 aromatic heterocycles. The average Bonchev–Trinajstić information content (AvgIpc) is 2.21. The zero-order valence-corrected chi connectivity index (χ0v) is 14.0. The van der Waals surface area contributed by atoms with Crippen molar-refractivity contribution in [2.45, 2.75) is 0 Å². The number of carbonyl (C=O) groups excluding carboxylic acids is 2. The van der Waals surface area contributed by atoms with E-state index in [1.165, 1.54) is 0 Å². The van der Waals surface area contributed by atoms with Crippen LogP contribution in [0.4, 0.5) is 0 Å². The number of carboxylic acids is 2. The molecule has 0 amide bonds. The Hall–Kier alpha value is 1.45. The van der Waals surface area contributed by atoms with Crippen molar-refractivity contribution in [3.8, 4) is 0 Å². The number of carbonyl (C=O) groups is 2. The van der Waals surface area contributed by atoms with Crippen LogP contribution in [-0.2, 0) is 9.59 Å². The molecule has 0 heterocycles. The third kappa shape index (κ3) is 109. The molecule has 0 atom stereocenters. The Kier molecular flexibility index (Phi) is 48.9. The van der Waals surface area contributed by atoms with Gasteiger partial charge in [0.05, 0.1) is 25.2 Å². The van der Waals surface area contributed by atoms with Crippen LogP contribution in [0.15, 0.2) is 0 Å².